The molecule has 0 fully saturated rings. The predicted octanol–water partition coefficient (Wildman–Crippen LogP) is 0.915. The maximum atomic E-state index is 12.0. The topological polar surface area (TPSA) is 79.5 Å². The number of nitrogens with one attached hydrogen (secondary N) is 3. The zero-order valence-electron chi connectivity index (χ0n) is 14.1. The van der Waals surface area contributed by atoms with E-state index in [0.29, 0.717) is 19.7 Å². The minimum Gasteiger partial charge on any atom is -0.383 e. The van der Waals surface area contributed by atoms with Gasteiger partial charge in [-0.3, -0.25) is 9.59 Å². The predicted molar refractivity (Wildman–Crippen MR) is 90.1 cm³/mol. The van der Waals surface area contributed by atoms with Gasteiger partial charge in [-0.2, -0.15) is 0 Å². The molecule has 1 rings (SSSR count). The van der Waals surface area contributed by atoms with Gasteiger partial charge < -0.3 is 20.7 Å². The van der Waals surface area contributed by atoms with Crippen molar-refractivity contribution in [3.63, 3.8) is 0 Å². The Balaban J connectivity index is 2.45. The maximum Gasteiger partial charge on any atom is 0.222 e. The first-order valence-electron chi connectivity index (χ1n) is 7.83. The number of hydrogen-bond donors (Lipinski definition) is 3. The molecule has 0 heterocycles. The van der Waals surface area contributed by atoms with Gasteiger partial charge in [0.25, 0.3) is 0 Å². The highest BCUT2D eigenvalue weighted by molar-refractivity contribution is 5.79. The van der Waals surface area contributed by atoms with Crippen molar-refractivity contribution < 1.29 is 14.3 Å². The highest BCUT2D eigenvalue weighted by Crippen LogP contribution is 2.17. The summed E-state index contributed by atoms with van der Waals surface area (Å²) in [5.41, 5.74) is 2.07. The molecule has 6 heteroatoms. The van der Waals surface area contributed by atoms with E-state index in [1.165, 1.54) is 6.92 Å². The summed E-state index contributed by atoms with van der Waals surface area (Å²) in [6.07, 6.45) is 0.223. The standard InChI is InChI=1S/C17H27N3O3/c1-13-4-6-15(7-5-13)16(20-14(2)21)12-17(22)19-9-8-18-10-11-23-3/h4-7,16,18H,8-12H2,1-3H3,(H,19,22)(H,20,21). The second-order valence-corrected chi connectivity index (χ2v) is 5.46. The van der Waals surface area contributed by atoms with Crippen LogP contribution in [0.1, 0.15) is 30.5 Å². The van der Waals surface area contributed by atoms with Gasteiger partial charge in [0.15, 0.2) is 0 Å². The molecule has 0 saturated heterocycles. The summed E-state index contributed by atoms with van der Waals surface area (Å²) in [7, 11) is 1.65. The Morgan fingerprint density at radius 2 is 1.83 bits per heavy atom. The highest BCUT2D eigenvalue weighted by Gasteiger charge is 2.16. The first-order valence-corrected chi connectivity index (χ1v) is 7.83. The lowest BCUT2D eigenvalue weighted by atomic mass is 10.0. The number of rotatable bonds is 10. The molecule has 0 aromatic heterocycles. The average molecular weight is 321 g/mol. The summed E-state index contributed by atoms with van der Waals surface area (Å²) in [6, 6.07) is 7.52. The first-order chi connectivity index (χ1) is 11.0. The summed E-state index contributed by atoms with van der Waals surface area (Å²) < 4.78 is 4.93. The normalized spacial score (nSPS) is 11.8. The molecule has 1 aromatic rings. The van der Waals surface area contributed by atoms with Crippen LogP contribution in [0.25, 0.3) is 0 Å². The third-order valence-electron chi connectivity index (χ3n) is 3.35. The first kappa shape index (κ1) is 19.1. The maximum absolute atomic E-state index is 12.0. The molecular formula is C17H27N3O3. The van der Waals surface area contributed by atoms with E-state index in [1.807, 2.05) is 31.2 Å². The van der Waals surface area contributed by atoms with Gasteiger partial charge in [-0.05, 0) is 12.5 Å². The summed E-state index contributed by atoms with van der Waals surface area (Å²) in [6.45, 7) is 6.09. The number of benzene rings is 1. The molecular weight excluding hydrogens is 294 g/mol. The van der Waals surface area contributed by atoms with Crippen LogP contribution in [-0.4, -0.2) is 45.2 Å². The molecule has 1 aromatic carbocycles. The molecule has 0 aliphatic carbocycles. The average Bonchev–Trinajstić information content (AvgIpc) is 2.50. The van der Waals surface area contributed by atoms with Crippen molar-refractivity contribution in [1.29, 1.82) is 0 Å². The van der Waals surface area contributed by atoms with Gasteiger partial charge in [-0.15, -0.1) is 0 Å². The molecule has 0 aliphatic rings. The number of ether oxygens (including phenoxy) is 1. The van der Waals surface area contributed by atoms with Crippen LogP contribution in [0.15, 0.2) is 24.3 Å². The molecule has 23 heavy (non-hydrogen) atoms. The van der Waals surface area contributed by atoms with Crippen molar-refractivity contribution in [3.05, 3.63) is 35.4 Å². The fourth-order valence-corrected chi connectivity index (χ4v) is 2.14. The van der Waals surface area contributed by atoms with E-state index in [1.54, 1.807) is 7.11 Å². The van der Waals surface area contributed by atoms with Gasteiger partial charge in [-0.1, -0.05) is 29.8 Å². The Bertz CT molecular complexity index is 488. The van der Waals surface area contributed by atoms with E-state index in [0.717, 1.165) is 17.7 Å². The quantitative estimate of drug-likeness (QED) is 0.560. The monoisotopic (exact) mass is 321 g/mol. The van der Waals surface area contributed by atoms with Crippen LogP contribution in [0.2, 0.25) is 0 Å². The summed E-state index contributed by atoms with van der Waals surface area (Å²) in [5, 5.41) is 8.84. The highest BCUT2D eigenvalue weighted by atomic mass is 16.5. The van der Waals surface area contributed by atoms with Gasteiger partial charge in [0.1, 0.15) is 0 Å². The molecule has 0 aliphatic heterocycles. The number of amides is 2. The van der Waals surface area contributed by atoms with Gasteiger partial charge in [0, 0.05) is 33.7 Å². The molecule has 1 unspecified atom stereocenters. The van der Waals surface area contributed by atoms with Gasteiger partial charge in [0.05, 0.1) is 19.1 Å². The zero-order chi connectivity index (χ0) is 17.1. The molecule has 3 N–H and O–H groups in total. The van der Waals surface area contributed by atoms with Crippen LogP contribution in [0.3, 0.4) is 0 Å². The molecule has 1 atom stereocenters. The fourth-order valence-electron chi connectivity index (χ4n) is 2.14. The van der Waals surface area contributed by atoms with Crippen molar-refractivity contribution in [2.24, 2.45) is 0 Å². The molecule has 128 valence electrons. The number of hydrogen-bond acceptors (Lipinski definition) is 4. The van der Waals surface area contributed by atoms with Gasteiger partial charge >= 0.3 is 0 Å². The molecule has 0 saturated carbocycles. The zero-order valence-corrected chi connectivity index (χ0v) is 14.1. The lowest BCUT2D eigenvalue weighted by Gasteiger charge is -2.18. The third kappa shape index (κ3) is 8.32. The van der Waals surface area contributed by atoms with E-state index >= 15 is 0 Å². The smallest absolute Gasteiger partial charge is 0.222 e. The van der Waals surface area contributed by atoms with E-state index in [9.17, 15) is 9.59 Å². The molecule has 6 nitrogen and oxygen atoms in total. The summed E-state index contributed by atoms with van der Waals surface area (Å²) in [4.78, 5) is 23.4. The summed E-state index contributed by atoms with van der Waals surface area (Å²) >= 11 is 0. The van der Waals surface area contributed by atoms with Crippen LogP contribution < -0.4 is 16.0 Å². The minimum atomic E-state index is -0.311. The minimum absolute atomic E-state index is 0.0853. The van der Waals surface area contributed by atoms with Gasteiger partial charge in [-0.25, -0.2) is 0 Å². The van der Waals surface area contributed by atoms with Crippen molar-refractivity contribution in [2.75, 3.05) is 33.4 Å². The Hall–Kier alpha value is -1.92. The lowest BCUT2D eigenvalue weighted by molar-refractivity contribution is -0.122. The lowest BCUT2D eigenvalue weighted by Crippen LogP contribution is -2.36. The fraction of sp³-hybridized carbons (Fsp3) is 0.529. The van der Waals surface area contributed by atoms with Crippen molar-refractivity contribution in [3.8, 4) is 0 Å². The Morgan fingerprint density at radius 3 is 2.43 bits per heavy atom. The molecule has 0 bridgehead atoms. The largest absolute Gasteiger partial charge is 0.383 e. The van der Waals surface area contributed by atoms with E-state index < -0.39 is 0 Å². The van der Waals surface area contributed by atoms with E-state index in [-0.39, 0.29) is 24.3 Å². The van der Waals surface area contributed by atoms with Crippen LogP contribution in [0.5, 0.6) is 0 Å². The van der Waals surface area contributed by atoms with Crippen LogP contribution >= 0.6 is 0 Å². The van der Waals surface area contributed by atoms with Crippen LogP contribution in [0, 0.1) is 6.92 Å². The second-order valence-electron chi connectivity index (χ2n) is 5.46. The van der Waals surface area contributed by atoms with Crippen molar-refractivity contribution in [1.82, 2.24) is 16.0 Å². The SMILES string of the molecule is COCCNCCNC(=O)CC(NC(C)=O)c1ccc(C)cc1. The van der Waals surface area contributed by atoms with Crippen molar-refractivity contribution in [2.45, 2.75) is 26.3 Å². The molecule has 0 radical (unpaired) electrons. The second kappa shape index (κ2) is 10.7. The van der Waals surface area contributed by atoms with Gasteiger partial charge in [0.2, 0.25) is 11.8 Å². The van der Waals surface area contributed by atoms with E-state index in [2.05, 4.69) is 16.0 Å². The summed E-state index contributed by atoms with van der Waals surface area (Å²) in [5.74, 6) is -0.234. The third-order valence-corrected chi connectivity index (χ3v) is 3.35. The van der Waals surface area contributed by atoms with Crippen LogP contribution in [-0.2, 0) is 14.3 Å². The number of aryl methyl sites for hydroxylation is 1. The molecule has 2 amide bonds. The van der Waals surface area contributed by atoms with E-state index in [4.69, 9.17) is 4.74 Å². The number of carbonyl (C=O) groups is 2. The Morgan fingerprint density at radius 1 is 1.13 bits per heavy atom. The molecule has 0 spiro atoms. The number of methoxy groups -OCH3 is 1. The van der Waals surface area contributed by atoms with Crippen LogP contribution in [0.4, 0.5) is 0 Å². The Kier molecular flexibility index (Phi) is 8.94. The Labute approximate surface area is 138 Å². The van der Waals surface area contributed by atoms with Crippen molar-refractivity contribution >= 4 is 11.8 Å². The number of carbonyl (C=O) groups excluding carboxylic acids is 2.